The molecule has 3 aromatic rings. The zero-order chi connectivity index (χ0) is 18.8. The predicted octanol–water partition coefficient (Wildman–Crippen LogP) is 3.93. The third-order valence-corrected chi connectivity index (χ3v) is 5.25. The first-order chi connectivity index (χ1) is 13.1. The smallest absolute Gasteiger partial charge is 0.141 e. The molecule has 0 atom stereocenters. The van der Waals surface area contributed by atoms with Crippen LogP contribution in [-0.2, 0) is 0 Å². The van der Waals surface area contributed by atoms with E-state index in [2.05, 4.69) is 20.1 Å². The highest BCUT2D eigenvalue weighted by atomic mass is 32.1. The van der Waals surface area contributed by atoms with Crippen molar-refractivity contribution < 1.29 is 8.91 Å². The summed E-state index contributed by atoms with van der Waals surface area (Å²) < 4.78 is 18.4. The summed E-state index contributed by atoms with van der Waals surface area (Å²) in [6, 6.07) is 2.92. The number of rotatable bonds is 6. The summed E-state index contributed by atoms with van der Waals surface area (Å²) in [5, 5.41) is 4.84. The van der Waals surface area contributed by atoms with Crippen molar-refractivity contribution in [1.82, 2.24) is 15.1 Å². The average Bonchev–Trinajstić information content (AvgIpc) is 3.25. The fourth-order valence-corrected chi connectivity index (χ4v) is 3.26. The minimum Gasteiger partial charge on any atom is -0.383 e. The molecular formula is C19H18FN5OS. The number of pyridine rings is 1. The van der Waals surface area contributed by atoms with Gasteiger partial charge in [-0.05, 0) is 50.0 Å². The molecule has 1 aliphatic carbocycles. The van der Waals surface area contributed by atoms with Gasteiger partial charge in [0.15, 0.2) is 0 Å². The molecule has 0 aliphatic heterocycles. The Bertz CT molecular complexity index is 1000. The van der Waals surface area contributed by atoms with E-state index in [0.29, 0.717) is 28.9 Å². The Morgan fingerprint density at radius 2 is 2.19 bits per heavy atom. The van der Waals surface area contributed by atoms with Crippen LogP contribution in [0.2, 0.25) is 0 Å². The normalized spacial score (nSPS) is 15.0. The fourth-order valence-electron chi connectivity index (χ4n) is 2.52. The lowest BCUT2D eigenvalue weighted by molar-refractivity contribution is 0.399. The molecule has 6 nitrogen and oxygen atoms in total. The van der Waals surface area contributed by atoms with Crippen molar-refractivity contribution in [3.05, 3.63) is 51.6 Å². The molecule has 0 spiro atoms. The maximum atomic E-state index is 13.1. The van der Waals surface area contributed by atoms with Crippen LogP contribution >= 0.6 is 11.3 Å². The van der Waals surface area contributed by atoms with Gasteiger partial charge < -0.3 is 10.3 Å². The Kier molecular flexibility index (Phi) is 4.81. The lowest BCUT2D eigenvalue weighted by Gasteiger charge is -1.97. The third-order valence-electron chi connectivity index (χ3n) is 4.26. The molecule has 1 aliphatic rings. The van der Waals surface area contributed by atoms with Crippen LogP contribution in [0.15, 0.2) is 34.0 Å². The van der Waals surface area contributed by atoms with Crippen molar-refractivity contribution in [1.29, 1.82) is 0 Å². The highest BCUT2D eigenvalue weighted by Gasteiger charge is 2.20. The molecule has 4 rings (SSSR count). The van der Waals surface area contributed by atoms with Crippen molar-refractivity contribution in [2.24, 2.45) is 16.6 Å². The summed E-state index contributed by atoms with van der Waals surface area (Å²) in [6.07, 6.45) is 9.12. The van der Waals surface area contributed by atoms with Crippen LogP contribution < -0.4 is 5.73 Å². The molecular weight excluding hydrogens is 365 g/mol. The molecule has 1 saturated carbocycles. The van der Waals surface area contributed by atoms with Gasteiger partial charge in [-0.15, -0.1) is 11.3 Å². The number of hydrogen-bond acceptors (Lipinski definition) is 6. The molecule has 0 amide bonds. The lowest BCUT2D eigenvalue weighted by Crippen LogP contribution is -2.12. The summed E-state index contributed by atoms with van der Waals surface area (Å²) in [7, 11) is 0. The molecule has 0 unspecified atom stereocenters. The van der Waals surface area contributed by atoms with E-state index < -0.39 is 5.82 Å². The molecule has 8 heteroatoms. The van der Waals surface area contributed by atoms with Crippen LogP contribution in [-0.4, -0.2) is 27.5 Å². The number of thiazole rings is 1. The molecule has 0 aromatic carbocycles. The van der Waals surface area contributed by atoms with Gasteiger partial charge in [0.05, 0.1) is 16.8 Å². The van der Waals surface area contributed by atoms with E-state index in [1.54, 1.807) is 12.3 Å². The summed E-state index contributed by atoms with van der Waals surface area (Å²) in [4.78, 5) is 13.7. The Morgan fingerprint density at radius 1 is 1.33 bits per heavy atom. The van der Waals surface area contributed by atoms with Gasteiger partial charge in [-0.1, -0.05) is 5.16 Å². The van der Waals surface area contributed by atoms with E-state index in [1.165, 1.54) is 30.2 Å². The molecule has 0 saturated heterocycles. The molecule has 27 heavy (non-hydrogen) atoms. The number of nitrogens with two attached hydrogens (primary N) is 1. The summed E-state index contributed by atoms with van der Waals surface area (Å²) in [5.41, 5.74) is 7.93. The Morgan fingerprint density at radius 3 is 2.93 bits per heavy atom. The summed E-state index contributed by atoms with van der Waals surface area (Å²) >= 11 is 1.47. The van der Waals surface area contributed by atoms with Gasteiger partial charge in [-0.2, -0.15) is 0 Å². The molecule has 2 N–H and O–H groups in total. The van der Waals surface area contributed by atoms with Gasteiger partial charge >= 0.3 is 0 Å². The van der Waals surface area contributed by atoms with Crippen LogP contribution in [0.3, 0.4) is 0 Å². The van der Waals surface area contributed by atoms with Crippen LogP contribution in [0.4, 0.5) is 4.39 Å². The second-order valence-electron chi connectivity index (χ2n) is 6.43. The quantitative estimate of drug-likeness (QED) is 0.514. The number of aliphatic imine (C=N–C) groups is 1. The maximum Gasteiger partial charge on any atom is 0.141 e. The van der Waals surface area contributed by atoms with Crippen LogP contribution in [0.1, 0.15) is 34.1 Å². The van der Waals surface area contributed by atoms with Crippen molar-refractivity contribution in [3.63, 3.8) is 0 Å². The largest absolute Gasteiger partial charge is 0.383 e. The van der Waals surface area contributed by atoms with Gasteiger partial charge in [0.25, 0.3) is 0 Å². The molecule has 3 aromatic heterocycles. The Labute approximate surface area is 159 Å². The van der Waals surface area contributed by atoms with Crippen molar-refractivity contribution in [3.8, 4) is 11.4 Å². The van der Waals surface area contributed by atoms with E-state index in [4.69, 9.17) is 10.3 Å². The number of halogens is 1. The topological polar surface area (TPSA) is 90.2 Å². The van der Waals surface area contributed by atoms with Crippen LogP contribution in [0, 0.1) is 18.7 Å². The van der Waals surface area contributed by atoms with E-state index in [-0.39, 0.29) is 0 Å². The van der Waals surface area contributed by atoms with Crippen molar-refractivity contribution in [2.75, 3.05) is 6.54 Å². The minimum atomic E-state index is -0.396. The SMILES string of the molecule is Cc1onc(-c2ccc(F)cn2)c1/C=C/c1ncc(C(N)=NCC2CC2)s1. The first-order valence-electron chi connectivity index (χ1n) is 8.62. The number of aryl methyl sites for hydroxylation is 1. The molecule has 3 heterocycles. The van der Waals surface area contributed by atoms with Gasteiger partial charge in [0.1, 0.15) is 28.1 Å². The third kappa shape index (κ3) is 4.11. The van der Waals surface area contributed by atoms with E-state index in [1.807, 2.05) is 19.1 Å². The van der Waals surface area contributed by atoms with Crippen LogP contribution in [0.25, 0.3) is 23.5 Å². The zero-order valence-electron chi connectivity index (χ0n) is 14.7. The maximum absolute atomic E-state index is 13.1. The number of amidine groups is 1. The highest BCUT2D eigenvalue weighted by molar-refractivity contribution is 7.14. The molecule has 138 valence electrons. The second-order valence-corrected chi connectivity index (χ2v) is 7.49. The first kappa shape index (κ1) is 17.5. The number of nitrogens with zero attached hydrogens (tertiary/aromatic N) is 4. The molecule has 0 radical (unpaired) electrons. The van der Waals surface area contributed by atoms with Crippen molar-refractivity contribution in [2.45, 2.75) is 19.8 Å². The average molecular weight is 383 g/mol. The van der Waals surface area contributed by atoms with E-state index in [9.17, 15) is 4.39 Å². The fraction of sp³-hybridized carbons (Fsp3) is 0.263. The highest BCUT2D eigenvalue weighted by Crippen LogP contribution is 2.29. The predicted molar refractivity (Wildman–Crippen MR) is 104 cm³/mol. The van der Waals surface area contributed by atoms with E-state index >= 15 is 0 Å². The Balaban J connectivity index is 1.54. The van der Waals surface area contributed by atoms with Gasteiger partial charge in [-0.25, -0.2) is 9.37 Å². The molecule has 0 bridgehead atoms. The summed E-state index contributed by atoms with van der Waals surface area (Å²) in [5.74, 6) is 1.49. The standard InChI is InChI=1S/C19H18FN5OS/c1-11-14(18(25-26-11)15-6-4-13(20)9-22-15)5-7-17-23-10-16(27-17)19(21)24-8-12-2-3-12/h4-7,9-10,12H,2-3,8H2,1H3,(H2,21,24)/b7-5+. The molecule has 1 fully saturated rings. The number of aromatic nitrogens is 3. The van der Waals surface area contributed by atoms with Crippen molar-refractivity contribution >= 4 is 29.3 Å². The number of hydrogen-bond donors (Lipinski definition) is 1. The minimum absolute atomic E-state index is 0.396. The monoisotopic (exact) mass is 383 g/mol. The van der Waals surface area contributed by atoms with Gasteiger partial charge in [0.2, 0.25) is 0 Å². The zero-order valence-corrected chi connectivity index (χ0v) is 15.5. The summed E-state index contributed by atoms with van der Waals surface area (Å²) in [6.45, 7) is 2.61. The first-order valence-corrected chi connectivity index (χ1v) is 9.44. The van der Waals surface area contributed by atoms with Gasteiger partial charge in [-0.3, -0.25) is 9.98 Å². The second kappa shape index (κ2) is 7.40. The van der Waals surface area contributed by atoms with Gasteiger partial charge in [0, 0.05) is 18.3 Å². The van der Waals surface area contributed by atoms with Crippen LogP contribution in [0.5, 0.6) is 0 Å². The lowest BCUT2D eigenvalue weighted by atomic mass is 10.1. The Hall–Kier alpha value is -2.87. The van der Waals surface area contributed by atoms with E-state index in [0.717, 1.165) is 28.2 Å².